The molecule has 0 spiro atoms. The van der Waals surface area contributed by atoms with E-state index in [0.717, 1.165) is 70.4 Å². The summed E-state index contributed by atoms with van der Waals surface area (Å²) >= 11 is 0. The molecule has 32 heavy (non-hydrogen) atoms. The number of fused-ring (bicyclic) bond motifs is 1. The van der Waals surface area contributed by atoms with Crippen LogP contribution < -0.4 is 4.72 Å². The number of nitrogens with one attached hydrogen (secondary N) is 1. The average molecular weight is 455 g/mol. The van der Waals surface area contributed by atoms with Gasteiger partial charge in [-0.1, -0.05) is 55.0 Å². The predicted molar refractivity (Wildman–Crippen MR) is 127 cm³/mol. The van der Waals surface area contributed by atoms with Crippen LogP contribution in [0.1, 0.15) is 53.9 Å². The van der Waals surface area contributed by atoms with Crippen molar-refractivity contribution in [3.63, 3.8) is 0 Å². The lowest BCUT2D eigenvalue weighted by atomic mass is 9.75. The smallest absolute Gasteiger partial charge is 0.214 e. The lowest BCUT2D eigenvalue weighted by Gasteiger charge is -2.43. The number of morpholine rings is 1. The highest BCUT2D eigenvalue weighted by atomic mass is 32.2. The molecule has 2 fully saturated rings. The Morgan fingerprint density at radius 1 is 0.969 bits per heavy atom. The normalized spacial score (nSPS) is 24.6. The Labute approximate surface area is 192 Å². The van der Waals surface area contributed by atoms with Gasteiger partial charge in [0, 0.05) is 31.6 Å². The maximum absolute atomic E-state index is 12.5. The quantitative estimate of drug-likeness (QED) is 0.694. The van der Waals surface area contributed by atoms with Crippen LogP contribution in [0.25, 0.3) is 0 Å². The third-order valence-corrected chi connectivity index (χ3v) is 9.46. The largest absolute Gasteiger partial charge is 0.379 e. The van der Waals surface area contributed by atoms with Crippen molar-refractivity contribution in [2.24, 2.45) is 0 Å². The number of nitrogens with zero attached hydrogens (tertiary/aromatic N) is 1. The zero-order valence-electron chi connectivity index (χ0n) is 18.7. The van der Waals surface area contributed by atoms with Crippen molar-refractivity contribution < 1.29 is 13.2 Å². The molecule has 172 valence electrons. The first-order valence-corrected chi connectivity index (χ1v) is 13.6. The molecule has 1 saturated heterocycles. The minimum absolute atomic E-state index is 0.198. The van der Waals surface area contributed by atoms with Crippen molar-refractivity contribution in [1.82, 2.24) is 9.62 Å². The molecule has 2 unspecified atom stereocenters. The topological polar surface area (TPSA) is 58.6 Å². The molecule has 2 aromatic carbocycles. The lowest BCUT2D eigenvalue weighted by molar-refractivity contribution is 0.00683. The Morgan fingerprint density at radius 3 is 2.47 bits per heavy atom. The van der Waals surface area contributed by atoms with E-state index in [1.807, 2.05) is 0 Å². The number of ether oxygens (including phenoxy) is 1. The van der Waals surface area contributed by atoms with E-state index >= 15 is 0 Å². The fourth-order valence-electron chi connectivity index (χ4n) is 5.48. The van der Waals surface area contributed by atoms with Gasteiger partial charge in [0.05, 0.1) is 18.5 Å². The van der Waals surface area contributed by atoms with E-state index in [-0.39, 0.29) is 5.25 Å². The molecule has 1 heterocycles. The van der Waals surface area contributed by atoms with Gasteiger partial charge in [-0.2, -0.15) is 0 Å². The van der Waals surface area contributed by atoms with Crippen LogP contribution in [0.2, 0.25) is 0 Å². The SMILES string of the molecule is O=S(=O)(NCc1ccc2c(c1)C(Cc1ccccc1)C(N1CCOCC1)CC2)C1CCC1. The summed E-state index contributed by atoms with van der Waals surface area (Å²) in [5, 5.41) is -0.198. The second-order valence-electron chi connectivity index (χ2n) is 9.50. The van der Waals surface area contributed by atoms with Gasteiger partial charge in [0.1, 0.15) is 0 Å². The Hall–Kier alpha value is -1.73. The van der Waals surface area contributed by atoms with E-state index in [2.05, 4.69) is 58.2 Å². The van der Waals surface area contributed by atoms with Gasteiger partial charge in [0.25, 0.3) is 0 Å². The van der Waals surface area contributed by atoms with Gasteiger partial charge in [-0.15, -0.1) is 0 Å². The molecule has 2 atom stereocenters. The number of hydrogen-bond donors (Lipinski definition) is 1. The van der Waals surface area contributed by atoms with E-state index in [1.165, 1.54) is 16.7 Å². The molecule has 5 nitrogen and oxygen atoms in total. The number of hydrogen-bond acceptors (Lipinski definition) is 4. The van der Waals surface area contributed by atoms with Crippen molar-refractivity contribution in [3.05, 3.63) is 70.8 Å². The van der Waals surface area contributed by atoms with E-state index in [1.54, 1.807) is 0 Å². The second kappa shape index (κ2) is 9.64. The molecule has 2 aliphatic carbocycles. The molecule has 0 amide bonds. The highest BCUT2D eigenvalue weighted by molar-refractivity contribution is 7.90. The van der Waals surface area contributed by atoms with E-state index in [9.17, 15) is 8.42 Å². The predicted octanol–water partition coefficient (Wildman–Crippen LogP) is 3.63. The summed E-state index contributed by atoms with van der Waals surface area (Å²) in [5.74, 6) is 0.405. The summed E-state index contributed by atoms with van der Waals surface area (Å²) in [4.78, 5) is 2.62. The van der Waals surface area contributed by atoms with Crippen LogP contribution in [0.15, 0.2) is 48.5 Å². The highest BCUT2D eigenvalue weighted by Gasteiger charge is 2.35. The molecule has 5 rings (SSSR count). The summed E-state index contributed by atoms with van der Waals surface area (Å²) in [6, 6.07) is 17.9. The number of aryl methyl sites for hydroxylation is 1. The summed E-state index contributed by atoms with van der Waals surface area (Å²) in [5.41, 5.74) is 5.24. The molecule has 6 heteroatoms. The summed E-state index contributed by atoms with van der Waals surface area (Å²) in [6.07, 6.45) is 5.86. The lowest BCUT2D eigenvalue weighted by Crippen LogP contribution is -2.48. The van der Waals surface area contributed by atoms with Crippen LogP contribution in [-0.4, -0.2) is 50.9 Å². The molecule has 1 saturated carbocycles. The maximum Gasteiger partial charge on any atom is 0.214 e. The molecule has 0 aromatic heterocycles. The van der Waals surface area contributed by atoms with Crippen LogP contribution in [0.3, 0.4) is 0 Å². The Balaban J connectivity index is 1.40. The van der Waals surface area contributed by atoms with E-state index < -0.39 is 10.0 Å². The Morgan fingerprint density at radius 2 is 1.75 bits per heavy atom. The zero-order valence-corrected chi connectivity index (χ0v) is 19.5. The van der Waals surface area contributed by atoms with Gasteiger partial charge in [-0.05, 0) is 54.4 Å². The first kappa shape index (κ1) is 22.1. The van der Waals surface area contributed by atoms with Crippen molar-refractivity contribution >= 4 is 10.0 Å². The van der Waals surface area contributed by atoms with Crippen LogP contribution >= 0.6 is 0 Å². The third kappa shape index (κ3) is 4.79. The van der Waals surface area contributed by atoms with Gasteiger partial charge in [0.15, 0.2) is 0 Å². The van der Waals surface area contributed by atoms with Gasteiger partial charge >= 0.3 is 0 Å². The van der Waals surface area contributed by atoms with E-state index in [4.69, 9.17) is 4.74 Å². The van der Waals surface area contributed by atoms with Gasteiger partial charge in [-0.3, -0.25) is 4.90 Å². The molecule has 1 N–H and O–H groups in total. The molecule has 3 aliphatic rings. The van der Waals surface area contributed by atoms with Crippen molar-refractivity contribution in [1.29, 1.82) is 0 Å². The van der Waals surface area contributed by atoms with Gasteiger partial charge < -0.3 is 4.74 Å². The minimum Gasteiger partial charge on any atom is -0.379 e. The monoisotopic (exact) mass is 454 g/mol. The Bertz CT molecular complexity index is 1010. The minimum atomic E-state index is -3.21. The van der Waals surface area contributed by atoms with Crippen molar-refractivity contribution in [2.75, 3.05) is 26.3 Å². The number of rotatable bonds is 7. The van der Waals surface area contributed by atoms with E-state index in [0.29, 0.717) is 18.5 Å². The van der Waals surface area contributed by atoms with Crippen LogP contribution in [-0.2, 0) is 34.1 Å². The molecular formula is C26H34N2O3S. The summed E-state index contributed by atoms with van der Waals surface area (Å²) in [6.45, 7) is 3.99. The molecule has 0 radical (unpaired) electrons. The molecule has 1 aliphatic heterocycles. The Kier molecular flexibility index (Phi) is 6.65. The van der Waals surface area contributed by atoms with Crippen LogP contribution in [0, 0.1) is 0 Å². The van der Waals surface area contributed by atoms with Crippen molar-refractivity contribution in [3.8, 4) is 0 Å². The maximum atomic E-state index is 12.5. The highest BCUT2D eigenvalue weighted by Crippen LogP contribution is 2.38. The molecule has 2 aromatic rings. The number of sulfonamides is 1. The van der Waals surface area contributed by atoms with Gasteiger partial charge in [0.2, 0.25) is 10.0 Å². The van der Waals surface area contributed by atoms with Crippen molar-refractivity contribution in [2.45, 2.75) is 62.3 Å². The van der Waals surface area contributed by atoms with Gasteiger partial charge in [-0.25, -0.2) is 13.1 Å². The zero-order chi connectivity index (χ0) is 22.0. The van der Waals surface area contributed by atoms with Crippen LogP contribution in [0.4, 0.5) is 0 Å². The standard InChI is InChI=1S/C26H34N2O3S/c29-32(30,23-7-4-8-23)27-19-21-9-10-22-11-12-26(28-13-15-31-16-14-28)25(24(22)18-21)17-20-5-2-1-3-6-20/h1-3,5-6,9-10,18,23,25-27H,4,7-8,11-17,19H2. The summed E-state index contributed by atoms with van der Waals surface area (Å²) < 4.78 is 33.5. The first-order valence-electron chi connectivity index (χ1n) is 12.1. The second-order valence-corrected chi connectivity index (χ2v) is 11.5. The first-order chi connectivity index (χ1) is 15.6. The average Bonchev–Trinajstić information content (AvgIpc) is 2.78. The molecule has 0 bridgehead atoms. The molecular weight excluding hydrogens is 420 g/mol. The van der Waals surface area contributed by atoms with Crippen LogP contribution in [0.5, 0.6) is 0 Å². The number of benzene rings is 2. The summed E-state index contributed by atoms with van der Waals surface area (Å²) in [7, 11) is -3.21. The fourth-order valence-corrected chi connectivity index (χ4v) is 7.04. The fraction of sp³-hybridized carbons (Fsp3) is 0.538. The third-order valence-electron chi connectivity index (χ3n) is 7.57.